The van der Waals surface area contributed by atoms with Crippen LogP contribution in [0, 0.1) is 17.7 Å². The third kappa shape index (κ3) is 23.2. The number of ether oxygens (including phenoxy) is 4. The highest BCUT2D eigenvalue weighted by Gasteiger charge is 2.33. The van der Waals surface area contributed by atoms with Crippen molar-refractivity contribution in [2.45, 2.75) is 151 Å². The number of anilines is 2. The van der Waals surface area contributed by atoms with Crippen molar-refractivity contribution in [3.8, 4) is 0 Å². The number of nitrogens with one attached hydrogen (secondary N) is 6. The summed E-state index contributed by atoms with van der Waals surface area (Å²) in [7, 11) is 3.15. The van der Waals surface area contributed by atoms with Crippen LogP contribution < -0.4 is 42.2 Å². The predicted molar refractivity (Wildman–Crippen MR) is 319 cm³/mol. The number of esters is 1. The van der Waals surface area contributed by atoms with E-state index in [2.05, 4.69) is 36.9 Å². The number of fused-ring (bicyclic) bond motifs is 1. The van der Waals surface area contributed by atoms with Crippen LogP contribution in [0.15, 0.2) is 52.4 Å². The monoisotopic (exact) mass is 1220 g/mol. The van der Waals surface area contributed by atoms with Crippen molar-refractivity contribution in [1.29, 1.82) is 0 Å². The number of nitrogens with zero attached hydrogens (tertiary/aromatic N) is 5. The zero-order valence-electron chi connectivity index (χ0n) is 51.8. The summed E-state index contributed by atoms with van der Waals surface area (Å²) < 4.78 is 38.6. The Kier molecular flexibility index (Phi) is 26.0. The molecule has 0 saturated carbocycles. The molecule has 0 aliphatic carbocycles. The SMILES string of the molecule is CCn1cc(C(=O)O)c(=O)c2cc(F)c(N3CCN(C(=O)OCc4ccc(NC(=O)[C@H](CN/C(=N\C(=O)OC(C)(C)C)NC(=O)OC(C)(C)C)NC(=O)[C@@H](NC(=O)[C@H](CCC(=O)OCC(C)C)NC(=O)CCCC(=O)N(C)C)C(C)C)cc4)CC3)cc21. The van der Waals surface area contributed by atoms with Gasteiger partial charge in [-0.15, -0.1) is 4.99 Å². The lowest BCUT2D eigenvalue weighted by Gasteiger charge is -2.35. The third-order valence-electron chi connectivity index (χ3n) is 12.9. The molecule has 3 aromatic rings. The molecule has 1 fully saturated rings. The van der Waals surface area contributed by atoms with Crippen molar-refractivity contribution in [2.24, 2.45) is 16.8 Å². The quantitative estimate of drug-likeness (QED) is 0.0268. The van der Waals surface area contributed by atoms with Crippen LogP contribution in [0.3, 0.4) is 0 Å². The summed E-state index contributed by atoms with van der Waals surface area (Å²) >= 11 is 0. The number of halogens is 1. The molecule has 1 saturated heterocycles. The molecule has 0 bridgehead atoms. The lowest BCUT2D eigenvalue weighted by Crippen LogP contribution is -2.60. The number of aromatic carboxylic acids is 1. The van der Waals surface area contributed by atoms with Crippen LogP contribution >= 0.6 is 0 Å². The Labute approximate surface area is 504 Å². The molecule has 1 aliphatic heterocycles. The minimum Gasteiger partial charge on any atom is -0.477 e. The van der Waals surface area contributed by atoms with E-state index in [1.54, 1.807) is 98.0 Å². The van der Waals surface area contributed by atoms with E-state index >= 15 is 4.39 Å². The first-order chi connectivity index (χ1) is 40.6. The molecule has 0 unspecified atom stereocenters. The molecule has 0 spiro atoms. The van der Waals surface area contributed by atoms with Crippen molar-refractivity contribution >= 4 is 88.0 Å². The summed E-state index contributed by atoms with van der Waals surface area (Å²) in [5.41, 5.74) is -2.04. The standard InChI is InChI=1S/C59H84FN11O16/c1-14-69-31-39(53(79)80)49(75)38-28-40(60)44(29-43(38)69)70-24-26-71(27-25-70)57(83)85-33-36-18-20-37(21-19-36)62-51(77)42(30-61-54(66-55(81)86-58(6,7)8)67-56(82)87-59(9,10)11)64-52(78)48(35(4)5)65-50(76)41(22-23-47(74)84-32-34(2)3)63-45(72)16-15-17-46(73)68(12)13/h18-21,28-29,31,34-35,41-42,48H,14-17,22-27,30,32-33H2,1-13H3,(H,62,77)(H,63,72)(H,64,78)(H,65,76)(H,79,80)(H2,61,66,67,81,82)/t41-,42-,48-/m0/s1. The first kappa shape index (κ1) is 70.6. The number of carboxylic acids is 1. The van der Waals surface area contributed by atoms with Gasteiger partial charge in [0, 0.05) is 89.9 Å². The van der Waals surface area contributed by atoms with Crippen LogP contribution in [-0.2, 0) is 60.9 Å². The fourth-order valence-corrected chi connectivity index (χ4v) is 8.44. The molecule has 478 valence electrons. The van der Waals surface area contributed by atoms with Gasteiger partial charge in [-0.25, -0.2) is 23.6 Å². The van der Waals surface area contributed by atoms with Gasteiger partial charge in [0.1, 0.15) is 47.3 Å². The van der Waals surface area contributed by atoms with E-state index in [0.29, 0.717) is 17.6 Å². The number of aryl methyl sites for hydroxylation is 1. The van der Waals surface area contributed by atoms with Crippen molar-refractivity contribution in [3.05, 3.63) is 69.8 Å². The molecule has 7 N–H and O–H groups in total. The molecular weight excluding hydrogens is 1140 g/mol. The number of rotatable bonds is 24. The van der Waals surface area contributed by atoms with Crippen LogP contribution in [0.1, 0.15) is 124 Å². The normalized spacial score (nSPS) is 13.8. The summed E-state index contributed by atoms with van der Waals surface area (Å²) in [6.07, 6.45) is -2.03. The Morgan fingerprint density at radius 2 is 1.43 bits per heavy atom. The highest BCUT2D eigenvalue weighted by Crippen LogP contribution is 2.27. The van der Waals surface area contributed by atoms with Crippen molar-refractivity contribution in [2.75, 3.05) is 63.6 Å². The number of hydrogen-bond acceptors (Lipinski definition) is 16. The zero-order chi connectivity index (χ0) is 65.1. The largest absolute Gasteiger partial charge is 0.477 e. The molecule has 2 heterocycles. The van der Waals surface area contributed by atoms with Gasteiger partial charge < -0.3 is 69.9 Å². The second kappa shape index (κ2) is 32.0. The fraction of sp³-hybridized carbons (Fsp3) is 0.559. The minimum atomic E-state index is -1.58. The van der Waals surface area contributed by atoms with Crippen molar-refractivity contribution < 1.29 is 76.4 Å². The topological polar surface area (TPSA) is 344 Å². The summed E-state index contributed by atoms with van der Waals surface area (Å²) in [6.45, 7) is 18.6. The van der Waals surface area contributed by atoms with Gasteiger partial charge in [-0.3, -0.25) is 38.9 Å². The van der Waals surface area contributed by atoms with Gasteiger partial charge in [-0.1, -0.05) is 39.8 Å². The summed E-state index contributed by atoms with van der Waals surface area (Å²) in [5, 5.41) is 25.1. The van der Waals surface area contributed by atoms with Gasteiger partial charge in [0.2, 0.25) is 40.9 Å². The third-order valence-corrected chi connectivity index (χ3v) is 12.9. The van der Waals surface area contributed by atoms with E-state index in [0.717, 1.165) is 6.07 Å². The number of pyridine rings is 1. The molecule has 8 amide bonds. The second-order valence-corrected chi connectivity index (χ2v) is 23.6. The molecule has 3 atom stereocenters. The molecular formula is C59H84FN11O16. The van der Waals surface area contributed by atoms with E-state index in [1.165, 1.54) is 34.2 Å². The number of alkyl carbamates (subject to hydrolysis) is 1. The number of carboxylic acid groups (broad SMARTS) is 1. The molecule has 1 aliphatic rings. The number of benzene rings is 2. The number of carbonyl (C=O) groups is 10. The maximum absolute atomic E-state index is 15.5. The Balaban J connectivity index is 1.53. The Morgan fingerprint density at radius 1 is 0.782 bits per heavy atom. The van der Waals surface area contributed by atoms with Crippen LogP contribution in [-0.4, -0.2) is 168 Å². The van der Waals surface area contributed by atoms with Gasteiger partial charge in [0.15, 0.2) is 0 Å². The summed E-state index contributed by atoms with van der Waals surface area (Å²) in [6, 6.07) is 4.32. The number of piperazine rings is 1. The summed E-state index contributed by atoms with van der Waals surface area (Å²) in [4.78, 5) is 153. The fourth-order valence-electron chi connectivity index (χ4n) is 8.44. The van der Waals surface area contributed by atoms with Crippen LogP contribution in [0.5, 0.6) is 0 Å². The minimum absolute atomic E-state index is 0.0230. The molecule has 28 heteroatoms. The van der Waals surface area contributed by atoms with E-state index < -0.39 is 118 Å². The van der Waals surface area contributed by atoms with E-state index in [9.17, 15) is 57.8 Å². The molecule has 1 aromatic heterocycles. The molecule has 27 nitrogen and oxygen atoms in total. The van der Waals surface area contributed by atoms with Gasteiger partial charge in [0.25, 0.3) is 0 Å². The second-order valence-electron chi connectivity index (χ2n) is 23.6. The summed E-state index contributed by atoms with van der Waals surface area (Å²) in [5.74, 6) is -7.34. The molecule has 87 heavy (non-hydrogen) atoms. The van der Waals surface area contributed by atoms with E-state index in [4.69, 9.17) is 18.9 Å². The highest BCUT2D eigenvalue weighted by molar-refractivity contribution is 6.02. The number of aliphatic imine (C=N–C) groups is 1. The van der Waals surface area contributed by atoms with Crippen LogP contribution in [0.25, 0.3) is 10.9 Å². The molecule has 2 aromatic carbocycles. The lowest BCUT2D eigenvalue weighted by molar-refractivity contribution is -0.145. The first-order valence-electron chi connectivity index (χ1n) is 28.6. The predicted octanol–water partition coefficient (Wildman–Crippen LogP) is 5.01. The van der Waals surface area contributed by atoms with Gasteiger partial charge in [0.05, 0.1) is 17.8 Å². The van der Waals surface area contributed by atoms with Gasteiger partial charge in [-0.2, -0.15) is 0 Å². The van der Waals surface area contributed by atoms with E-state index in [-0.39, 0.29) is 100 Å². The molecule has 4 rings (SSSR count). The number of carbonyl (C=O) groups excluding carboxylic acids is 9. The van der Waals surface area contributed by atoms with Gasteiger partial charge in [-0.05, 0) is 103 Å². The first-order valence-corrected chi connectivity index (χ1v) is 28.6. The lowest BCUT2D eigenvalue weighted by atomic mass is 10.0. The van der Waals surface area contributed by atoms with E-state index in [1.807, 2.05) is 13.8 Å². The smallest absolute Gasteiger partial charge is 0.437 e. The number of amides is 8. The maximum atomic E-state index is 15.5. The number of aromatic nitrogens is 1. The average Bonchev–Trinajstić information content (AvgIpc) is 1.11. The van der Waals surface area contributed by atoms with Crippen LogP contribution in [0.4, 0.5) is 30.1 Å². The Bertz CT molecular complexity index is 3070. The van der Waals surface area contributed by atoms with Gasteiger partial charge >= 0.3 is 30.2 Å². The number of guanidine groups is 1. The zero-order valence-corrected chi connectivity index (χ0v) is 51.8. The maximum Gasteiger partial charge on any atom is 0.437 e. The Hall–Kier alpha value is -8.85. The van der Waals surface area contributed by atoms with Crippen LogP contribution in [0.2, 0.25) is 0 Å². The Morgan fingerprint density at radius 3 is 2.00 bits per heavy atom. The van der Waals surface area contributed by atoms with Crippen molar-refractivity contribution in [1.82, 2.24) is 41.0 Å². The average molecular weight is 1220 g/mol. The number of hydrogen-bond donors (Lipinski definition) is 7. The van der Waals surface area contributed by atoms with Crippen molar-refractivity contribution in [3.63, 3.8) is 0 Å². The highest BCUT2D eigenvalue weighted by atomic mass is 19.1. The molecule has 0 radical (unpaired) electrons.